The Morgan fingerprint density at radius 1 is 0.893 bits per heavy atom. The molecule has 2 N–H and O–H groups in total. The number of carbonyl (C=O) groups excluding carboxylic acids is 2. The molecule has 0 heterocycles. The zero-order valence-electron chi connectivity index (χ0n) is 15.1. The predicted molar refractivity (Wildman–Crippen MR) is 108 cm³/mol. The highest BCUT2D eigenvalue weighted by molar-refractivity contribution is 6.01. The van der Waals surface area contributed by atoms with Crippen molar-refractivity contribution in [2.75, 3.05) is 5.32 Å². The van der Waals surface area contributed by atoms with Crippen molar-refractivity contribution in [2.45, 2.75) is 12.5 Å². The zero-order chi connectivity index (χ0) is 19.8. The van der Waals surface area contributed by atoms with Crippen LogP contribution in [0, 0.1) is 11.3 Å². The third kappa shape index (κ3) is 5.05. The number of nitrogens with one attached hydrogen (secondary N) is 2. The van der Waals surface area contributed by atoms with Gasteiger partial charge < -0.3 is 10.6 Å². The summed E-state index contributed by atoms with van der Waals surface area (Å²) in [5, 5.41) is 14.6. The van der Waals surface area contributed by atoms with Gasteiger partial charge >= 0.3 is 0 Å². The van der Waals surface area contributed by atoms with Gasteiger partial charge in [0.25, 0.3) is 5.91 Å². The van der Waals surface area contributed by atoms with E-state index < -0.39 is 6.04 Å². The number of rotatable bonds is 6. The van der Waals surface area contributed by atoms with Crippen LogP contribution in [0.25, 0.3) is 0 Å². The van der Waals surface area contributed by atoms with E-state index in [0.29, 0.717) is 23.2 Å². The van der Waals surface area contributed by atoms with Crippen LogP contribution in [0.2, 0.25) is 0 Å². The fraction of sp³-hybridized carbons (Fsp3) is 0.0870. The standard InChI is InChI=1S/C23H19N3O2/c24-16-18-10-7-13-20(14-18)25-23(28)21(15-17-8-3-1-4-9-17)26-22(27)19-11-5-2-6-12-19/h1-14,21H,15H2,(H,25,28)(H,26,27). The first kappa shape index (κ1) is 18.9. The quantitative estimate of drug-likeness (QED) is 0.697. The molecule has 0 aliphatic heterocycles. The van der Waals surface area contributed by atoms with Gasteiger partial charge in [-0.15, -0.1) is 0 Å². The lowest BCUT2D eigenvalue weighted by molar-refractivity contribution is -0.118. The Bertz CT molecular complexity index is 995. The molecule has 0 radical (unpaired) electrons. The topological polar surface area (TPSA) is 82.0 Å². The van der Waals surface area contributed by atoms with Crippen LogP contribution in [0.1, 0.15) is 21.5 Å². The van der Waals surface area contributed by atoms with Gasteiger partial charge in [0.2, 0.25) is 5.91 Å². The largest absolute Gasteiger partial charge is 0.340 e. The number of hydrogen-bond acceptors (Lipinski definition) is 3. The zero-order valence-corrected chi connectivity index (χ0v) is 15.1. The molecule has 1 atom stereocenters. The minimum Gasteiger partial charge on any atom is -0.340 e. The molecule has 5 heteroatoms. The van der Waals surface area contributed by atoms with E-state index in [1.165, 1.54) is 0 Å². The molecule has 3 aromatic carbocycles. The van der Waals surface area contributed by atoms with Gasteiger partial charge in [0.05, 0.1) is 11.6 Å². The van der Waals surface area contributed by atoms with Crippen molar-refractivity contribution in [3.8, 4) is 6.07 Å². The molecule has 3 rings (SSSR count). The molecule has 0 aliphatic carbocycles. The Morgan fingerprint density at radius 2 is 1.57 bits per heavy atom. The fourth-order valence-corrected chi connectivity index (χ4v) is 2.79. The molecular formula is C23H19N3O2. The van der Waals surface area contributed by atoms with Gasteiger partial charge in [0.15, 0.2) is 0 Å². The molecule has 0 spiro atoms. The number of anilines is 1. The lowest BCUT2D eigenvalue weighted by atomic mass is 10.0. The highest BCUT2D eigenvalue weighted by atomic mass is 16.2. The van der Waals surface area contributed by atoms with Gasteiger partial charge in [-0.3, -0.25) is 9.59 Å². The van der Waals surface area contributed by atoms with Gasteiger partial charge in [-0.05, 0) is 35.9 Å². The van der Waals surface area contributed by atoms with Crippen molar-refractivity contribution < 1.29 is 9.59 Å². The normalized spacial score (nSPS) is 11.1. The van der Waals surface area contributed by atoms with Crippen molar-refractivity contribution in [1.29, 1.82) is 5.26 Å². The molecular weight excluding hydrogens is 350 g/mol. The van der Waals surface area contributed by atoms with Crippen LogP contribution in [0.15, 0.2) is 84.9 Å². The van der Waals surface area contributed by atoms with Crippen molar-refractivity contribution in [1.82, 2.24) is 5.32 Å². The van der Waals surface area contributed by atoms with E-state index in [1.807, 2.05) is 42.5 Å². The molecule has 0 saturated carbocycles. The Kier molecular flexibility index (Phi) is 6.17. The monoisotopic (exact) mass is 369 g/mol. The summed E-state index contributed by atoms with van der Waals surface area (Å²) in [6.45, 7) is 0. The molecule has 0 aromatic heterocycles. The number of nitriles is 1. The van der Waals surface area contributed by atoms with E-state index in [2.05, 4.69) is 10.6 Å². The number of nitrogens with zero attached hydrogens (tertiary/aromatic N) is 1. The summed E-state index contributed by atoms with van der Waals surface area (Å²) in [4.78, 5) is 25.4. The maximum absolute atomic E-state index is 12.9. The number of amides is 2. The van der Waals surface area contributed by atoms with E-state index in [4.69, 9.17) is 5.26 Å². The van der Waals surface area contributed by atoms with E-state index in [-0.39, 0.29) is 11.8 Å². The maximum atomic E-state index is 12.9. The Labute approximate surface area is 163 Å². The van der Waals surface area contributed by atoms with Crippen LogP contribution < -0.4 is 10.6 Å². The predicted octanol–water partition coefficient (Wildman–Crippen LogP) is 3.54. The van der Waals surface area contributed by atoms with Crippen LogP contribution >= 0.6 is 0 Å². The molecule has 2 amide bonds. The second kappa shape index (κ2) is 9.15. The Morgan fingerprint density at radius 3 is 2.25 bits per heavy atom. The molecule has 5 nitrogen and oxygen atoms in total. The number of hydrogen-bond donors (Lipinski definition) is 2. The summed E-state index contributed by atoms with van der Waals surface area (Å²) in [5.74, 6) is -0.661. The summed E-state index contributed by atoms with van der Waals surface area (Å²) in [5.41, 5.74) is 2.38. The smallest absolute Gasteiger partial charge is 0.251 e. The van der Waals surface area contributed by atoms with Crippen molar-refractivity contribution >= 4 is 17.5 Å². The van der Waals surface area contributed by atoms with Crippen LogP contribution in [0.4, 0.5) is 5.69 Å². The average molecular weight is 369 g/mol. The lowest BCUT2D eigenvalue weighted by Crippen LogP contribution is -2.45. The molecule has 0 saturated heterocycles. The van der Waals surface area contributed by atoms with Gasteiger partial charge in [-0.25, -0.2) is 0 Å². The first-order valence-corrected chi connectivity index (χ1v) is 8.86. The Hall–Kier alpha value is -3.91. The molecule has 138 valence electrons. The number of carbonyl (C=O) groups is 2. The summed E-state index contributed by atoms with van der Waals surface area (Å²) in [7, 11) is 0. The molecule has 3 aromatic rings. The minimum absolute atomic E-state index is 0.317. The van der Waals surface area contributed by atoms with Crippen LogP contribution in [0.3, 0.4) is 0 Å². The van der Waals surface area contributed by atoms with Crippen molar-refractivity contribution in [3.05, 3.63) is 102 Å². The fourth-order valence-electron chi connectivity index (χ4n) is 2.79. The highest BCUT2D eigenvalue weighted by Gasteiger charge is 2.22. The second-order valence-electron chi connectivity index (χ2n) is 6.26. The van der Waals surface area contributed by atoms with Gasteiger partial charge in [0, 0.05) is 17.7 Å². The molecule has 0 bridgehead atoms. The summed E-state index contributed by atoms with van der Waals surface area (Å²) >= 11 is 0. The third-order valence-corrected chi connectivity index (χ3v) is 4.20. The maximum Gasteiger partial charge on any atom is 0.251 e. The molecule has 0 fully saturated rings. The van der Waals surface area contributed by atoms with E-state index in [0.717, 1.165) is 5.56 Å². The second-order valence-corrected chi connectivity index (χ2v) is 6.26. The molecule has 1 unspecified atom stereocenters. The lowest BCUT2D eigenvalue weighted by Gasteiger charge is -2.19. The third-order valence-electron chi connectivity index (χ3n) is 4.20. The SMILES string of the molecule is N#Cc1cccc(NC(=O)C(Cc2ccccc2)NC(=O)c2ccccc2)c1. The summed E-state index contributed by atoms with van der Waals surface area (Å²) in [6, 6.07) is 26.2. The van der Waals surface area contributed by atoms with Gasteiger partial charge in [0.1, 0.15) is 6.04 Å². The summed E-state index contributed by atoms with van der Waals surface area (Å²) < 4.78 is 0. The Balaban J connectivity index is 1.79. The molecule has 28 heavy (non-hydrogen) atoms. The molecule has 0 aliphatic rings. The van der Waals surface area contributed by atoms with E-state index >= 15 is 0 Å². The van der Waals surface area contributed by atoms with E-state index in [1.54, 1.807) is 48.5 Å². The number of benzene rings is 3. The van der Waals surface area contributed by atoms with Gasteiger partial charge in [-0.1, -0.05) is 54.6 Å². The minimum atomic E-state index is -0.763. The first-order chi connectivity index (χ1) is 13.7. The first-order valence-electron chi connectivity index (χ1n) is 8.86. The highest BCUT2D eigenvalue weighted by Crippen LogP contribution is 2.12. The van der Waals surface area contributed by atoms with Crippen LogP contribution in [-0.2, 0) is 11.2 Å². The van der Waals surface area contributed by atoms with E-state index in [9.17, 15) is 9.59 Å². The van der Waals surface area contributed by atoms with Crippen LogP contribution in [0.5, 0.6) is 0 Å². The van der Waals surface area contributed by atoms with Crippen molar-refractivity contribution in [3.63, 3.8) is 0 Å². The van der Waals surface area contributed by atoms with Crippen LogP contribution in [-0.4, -0.2) is 17.9 Å². The average Bonchev–Trinajstić information content (AvgIpc) is 2.74. The van der Waals surface area contributed by atoms with Gasteiger partial charge in [-0.2, -0.15) is 5.26 Å². The summed E-state index contributed by atoms with van der Waals surface area (Å²) in [6.07, 6.45) is 0.350. The van der Waals surface area contributed by atoms with Crippen molar-refractivity contribution in [2.24, 2.45) is 0 Å².